The Kier molecular flexibility index (Phi) is 17.6. The van der Waals surface area contributed by atoms with Gasteiger partial charge in [-0.3, -0.25) is 19.2 Å². The molecule has 14 nitrogen and oxygen atoms in total. The van der Waals surface area contributed by atoms with Gasteiger partial charge in [-0.1, -0.05) is 68.9 Å². The van der Waals surface area contributed by atoms with Gasteiger partial charge in [-0.25, -0.2) is 9.78 Å². The lowest BCUT2D eigenvalue weighted by Crippen LogP contribution is -2.58. The molecule has 0 radical (unpaired) electrons. The number of hydrogen-bond acceptors (Lipinski definition) is 9. The lowest BCUT2D eigenvalue weighted by atomic mass is 9.83. The predicted molar refractivity (Wildman–Crippen MR) is 195 cm³/mol. The van der Waals surface area contributed by atoms with Gasteiger partial charge in [-0.2, -0.15) is 0 Å². The first kappa shape index (κ1) is 42.0. The van der Waals surface area contributed by atoms with Crippen molar-refractivity contribution in [3.05, 3.63) is 54.1 Å². The average Bonchev–Trinajstić information content (AvgIpc) is 3.62. The fraction of sp³-hybridized carbons (Fsp3) is 0.632. The van der Waals surface area contributed by atoms with Gasteiger partial charge in [-0.15, -0.1) is 0 Å². The molecule has 1 aliphatic rings. The Balaban J connectivity index is 1.73. The van der Waals surface area contributed by atoms with Crippen molar-refractivity contribution < 1.29 is 38.6 Å². The molecular weight excluding hydrogens is 668 g/mol. The molecule has 3 rings (SSSR count). The minimum atomic E-state index is -1.17. The summed E-state index contributed by atoms with van der Waals surface area (Å²) in [6, 6.07) is 6.27. The largest absolute Gasteiger partial charge is 0.469 e. The van der Waals surface area contributed by atoms with Crippen molar-refractivity contribution >= 4 is 29.8 Å². The summed E-state index contributed by atoms with van der Waals surface area (Å²) >= 11 is 0. The molecule has 1 aromatic heterocycles. The number of aromatic nitrogens is 2. The van der Waals surface area contributed by atoms with E-state index in [9.17, 15) is 29.1 Å². The summed E-state index contributed by atoms with van der Waals surface area (Å²) in [6.07, 6.45) is 9.12. The number of amides is 4. The van der Waals surface area contributed by atoms with Crippen molar-refractivity contribution in [2.75, 3.05) is 13.7 Å². The SMILES string of the molecule is COC(=O)CCCCCNC(=O)C[C@H](O)[C@H](CC1CCCCC1)NC(=O)[C@H](Cc1cnc[nH]1)NC(=O)[C@H](Cc1ccccc1)NC(=O)OC(C)(C)C. The summed E-state index contributed by atoms with van der Waals surface area (Å²) in [7, 11) is 1.35. The molecule has 1 fully saturated rings. The number of esters is 1. The number of carbonyl (C=O) groups excluding carboxylic acids is 5. The smallest absolute Gasteiger partial charge is 0.408 e. The van der Waals surface area contributed by atoms with E-state index in [0.717, 1.165) is 44.1 Å². The highest BCUT2D eigenvalue weighted by Gasteiger charge is 2.33. The highest BCUT2D eigenvalue weighted by atomic mass is 16.6. The number of ether oxygens (including phenoxy) is 2. The van der Waals surface area contributed by atoms with Gasteiger partial charge < -0.3 is 40.8 Å². The fourth-order valence-corrected chi connectivity index (χ4v) is 6.29. The molecular formula is C38H58N6O8. The van der Waals surface area contributed by atoms with Crippen LogP contribution < -0.4 is 21.3 Å². The van der Waals surface area contributed by atoms with Crippen molar-refractivity contribution in [1.82, 2.24) is 31.2 Å². The van der Waals surface area contributed by atoms with E-state index in [2.05, 4.69) is 36.0 Å². The van der Waals surface area contributed by atoms with Crippen molar-refractivity contribution in [2.45, 2.75) is 134 Å². The molecule has 0 aliphatic heterocycles. The maximum Gasteiger partial charge on any atom is 0.408 e. The van der Waals surface area contributed by atoms with E-state index in [0.29, 0.717) is 37.9 Å². The van der Waals surface area contributed by atoms with Gasteiger partial charge in [0.2, 0.25) is 17.7 Å². The van der Waals surface area contributed by atoms with Crippen LogP contribution in [0.1, 0.15) is 103 Å². The number of rotatable bonds is 20. The number of alkyl carbamates (subject to hydrolysis) is 1. The van der Waals surface area contributed by atoms with E-state index >= 15 is 0 Å². The van der Waals surface area contributed by atoms with E-state index in [1.807, 2.05) is 30.3 Å². The molecule has 52 heavy (non-hydrogen) atoms. The van der Waals surface area contributed by atoms with Crippen LogP contribution in [0.5, 0.6) is 0 Å². The van der Waals surface area contributed by atoms with Gasteiger partial charge in [0.05, 0.1) is 32.0 Å². The Morgan fingerprint density at radius 3 is 2.27 bits per heavy atom. The molecule has 4 atom stereocenters. The van der Waals surface area contributed by atoms with E-state index in [1.54, 1.807) is 27.0 Å². The Morgan fingerprint density at radius 1 is 0.923 bits per heavy atom. The van der Waals surface area contributed by atoms with Gasteiger partial charge >= 0.3 is 12.1 Å². The lowest BCUT2D eigenvalue weighted by molar-refractivity contribution is -0.140. The van der Waals surface area contributed by atoms with Gasteiger partial charge in [-0.05, 0) is 51.5 Å². The molecule has 288 valence electrons. The fourth-order valence-electron chi connectivity index (χ4n) is 6.29. The second-order valence-electron chi connectivity index (χ2n) is 14.6. The molecule has 2 aromatic rings. The van der Waals surface area contributed by atoms with Crippen LogP contribution in [0.15, 0.2) is 42.9 Å². The first-order valence-corrected chi connectivity index (χ1v) is 18.5. The van der Waals surface area contributed by atoms with Crippen LogP contribution in [0.4, 0.5) is 4.79 Å². The highest BCUT2D eigenvalue weighted by Crippen LogP contribution is 2.28. The minimum Gasteiger partial charge on any atom is -0.469 e. The first-order valence-electron chi connectivity index (χ1n) is 18.5. The van der Waals surface area contributed by atoms with Gasteiger partial charge in [0, 0.05) is 37.7 Å². The molecule has 1 aliphatic carbocycles. The molecule has 6 N–H and O–H groups in total. The highest BCUT2D eigenvalue weighted by molar-refractivity contribution is 5.92. The number of hydrogen-bond donors (Lipinski definition) is 6. The van der Waals surface area contributed by atoms with Crippen LogP contribution in [-0.2, 0) is 41.5 Å². The normalized spacial score (nSPS) is 15.7. The van der Waals surface area contributed by atoms with Crippen molar-refractivity contribution in [2.24, 2.45) is 5.92 Å². The summed E-state index contributed by atoms with van der Waals surface area (Å²) in [5, 5.41) is 22.7. The number of carbonyl (C=O) groups is 5. The standard InChI is InChI=1S/C38H58N6O8/c1-38(2,3)52-37(50)44-30(21-27-16-10-6-11-17-27)35(48)43-31(22-28-24-39-25-41-28)36(49)42-29(20-26-14-8-5-9-15-26)32(45)23-33(46)40-19-13-7-12-18-34(47)51-4/h6,10-11,16-17,24-26,29-32,45H,5,7-9,12-15,18-23H2,1-4H3,(H,39,41)(H,40,46)(H,42,49)(H,43,48)(H,44,50)/t29-,30-,31-,32-/m0/s1. The number of imidazole rings is 1. The van der Waals surface area contributed by atoms with Crippen molar-refractivity contribution in [3.8, 4) is 0 Å². The zero-order chi connectivity index (χ0) is 37.9. The van der Waals surface area contributed by atoms with Gasteiger partial charge in [0.1, 0.15) is 17.7 Å². The number of nitrogens with one attached hydrogen (secondary N) is 5. The predicted octanol–water partition coefficient (Wildman–Crippen LogP) is 3.63. The summed E-state index contributed by atoms with van der Waals surface area (Å²) in [6.45, 7) is 5.57. The average molecular weight is 727 g/mol. The first-order chi connectivity index (χ1) is 24.8. The maximum atomic E-state index is 14.1. The quantitative estimate of drug-likeness (QED) is 0.0871. The number of nitrogens with zero attached hydrogens (tertiary/aromatic N) is 1. The van der Waals surface area contributed by atoms with Gasteiger partial charge in [0.15, 0.2) is 0 Å². The van der Waals surface area contributed by atoms with E-state index in [1.165, 1.54) is 13.4 Å². The summed E-state index contributed by atoms with van der Waals surface area (Å²) < 4.78 is 10.1. The van der Waals surface area contributed by atoms with Crippen LogP contribution >= 0.6 is 0 Å². The van der Waals surface area contributed by atoms with Crippen LogP contribution in [0.25, 0.3) is 0 Å². The molecule has 0 saturated heterocycles. The van der Waals surface area contributed by atoms with E-state index in [4.69, 9.17) is 4.74 Å². The molecule has 0 spiro atoms. The number of aromatic amines is 1. The van der Waals surface area contributed by atoms with Crippen molar-refractivity contribution in [1.29, 1.82) is 0 Å². The Hall–Kier alpha value is -4.46. The third-order valence-electron chi connectivity index (χ3n) is 9.01. The Bertz CT molecular complexity index is 1390. The Labute approximate surface area is 307 Å². The monoisotopic (exact) mass is 726 g/mol. The third kappa shape index (κ3) is 16.3. The van der Waals surface area contributed by atoms with Crippen LogP contribution in [0.3, 0.4) is 0 Å². The van der Waals surface area contributed by atoms with E-state index < -0.39 is 47.7 Å². The van der Waals surface area contributed by atoms with Gasteiger partial charge in [0.25, 0.3) is 0 Å². The van der Waals surface area contributed by atoms with Crippen molar-refractivity contribution in [3.63, 3.8) is 0 Å². The second-order valence-corrected chi connectivity index (χ2v) is 14.6. The summed E-state index contributed by atoms with van der Waals surface area (Å²) in [5.74, 6) is -1.48. The molecule has 1 aromatic carbocycles. The number of aliphatic hydroxyl groups excluding tert-OH is 1. The molecule has 0 bridgehead atoms. The number of benzene rings is 1. The topological polar surface area (TPSA) is 201 Å². The number of aliphatic hydroxyl groups is 1. The second kappa shape index (κ2) is 21.8. The van der Waals surface area contributed by atoms with Crippen LogP contribution in [0, 0.1) is 5.92 Å². The molecule has 0 unspecified atom stereocenters. The number of H-pyrrole nitrogens is 1. The maximum absolute atomic E-state index is 14.1. The Morgan fingerprint density at radius 2 is 1.62 bits per heavy atom. The molecule has 4 amide bonds. The number of methoxy groups -OCH3 is 1. The molecule has 1 heterocycles. The summed E-state index contributed by atoms with van der Waals surface area (Å²) in [5.41, 5.74) is 0.594. The molecule has 1 saturated carbocycles. The minimum absolute atomic E-state index is 0.0603. The third-order valence-corrected chi connectivity index (χ3v) is 9.01. The van der Waals surface area contributed by atoms with E-state index in [-0.39, 0.29) is 37.1 Å². The van der Waals surface area contributed by atoms with Crippen LogP contribution in [0.2, 0.25) is 0 Å². The summed E-state index contributed by atoms with van der Waals surface area (Å²) in [4.78, 5) is 71.9. The number of unbranched alkanes of at least 4 members (excludes halogenated alkanes) is 2. The molecule has 14 heteroatoms. The zero-order valence-electron chi connectivity index (χ0n) is 31.1. The lowest BCUT2D eigenvalue weighted by Gasteiger charge is -2.31. The zero-order valence-corrected chi connectivity index (χ0v) is 31.1. The van der Waals surface area contributed by atoms with Crippen LogP contribution in [-0.4, -0.2) is 88.3 Å².